The number of hydrogen-bond donors (Lipinski definition) is 1. The molecule has 1 aliphatic carbocycles. The summed E-state index contributed by atoms with van der Waals surface area (Å²) in [5, 5.41) is 3.45. The summed E-state index contributed by atoms with van der Waals surface area (Å²) < 4.78 is 1.17. The van der Waals surface area contributed by atoms with Gasteiger partial charge in [0.1, 0.15) is 0 Å². The molecule has 0 spiro atoms. The van der Waals surface area contributed by atoms with Crippen LogP contribution in [0.3, 0.4) is 0 Å². The van der Waals surface area contributed by atoms with Gasteiger partial charge in [0.15, 0.2) is 0 Å². The minimum absolute atomic E-state index is 0.538. The van der Waals surface area contributed by atoms with E-state index in [1.807, 2.05) is 0 Å². The second kappa shape index (κ2) is 4.89. The van der Waals surface area contributed by atoms with Gasteiger partial charge in [0.05, 0.1) is 0 Å². The molecule has 0 saturated heterocycles. The van der Waals surface area contributed by atoms with E-state index in [0.717, 1.165) is 12.5 Å². The van der Waals surface area contributed by atoms with Crippen LogP contribution in [0.25, 0.3) is 0 Å². The van der Waals surface area contributed by atoms with Gasteiger partial charge in [-0.1, -0.05) is 41.9 Å². The minimum atomic E-state index is 0.538. The Morgan fingerprint density at radius 2 is 2.06 bits per heavy atom. The first kappa shape index (κ1) is 12.1. The summed E-state index contributed by atoms with van der Waals surface area (Å²) >= 11 is 3.48. The number of nitrogens with one attached hydrogen (secondary N) is 1. The van der Waals surface area contributed by atoms with Gasteiger partial charge in [-0.05, 0) is 55.0 Å². The number of benzene rings is 1. The van der Waals surface area contributed by atoms with Crippen LogP contribution in [-0.4, -0.2) is 13.1 Å². The van der Waals surface area contributed by atoms with Crippen LogP contribution in [0.4, 0.5) is 0 Å². The van der Waals surface area contributed by atoms with E-state index in [0.29, 0.717) is 5.41 Å². The van der Waals surface area contributed by atoms with Crippen LogP contribution in [0.1, 0.15) is 25.8 Å². The summed E-state index contributed by atoms with van der Waals surface area (Å²) in [6, 6.07) is 8.75. The van der Waals surface area contributed by atoms with Gasteiger partial charge in [-0.15, -0.1) is 0 Å². The molecule has 0 radical (unpaired) electrons. The Labute approximate surface area is 107 Å². The van der Waals surface area contributed by atoms with E-state index in [1.54, 1.807) is 0 Å². The van der Waals surface area contributed by atoms with Gasteiger partial charge in [-0.2, -0.15) is 0 Å². The van der Waals surface area contributed by atoms with Crippen molar-refractivity contribution >= 4 is 15.9 Å². The van der Waals surface area contributed by atoms with Gasteiger partial charge >= 0.3 is 0 Å². The maximum atomic E-state index is 3.48. The maximum absolute atomic E-state index is 3.48. The first-order valence-corrected chi connectivity index (χ1v) is 6.88. The molecule has 0 aliphatic heterocycles. The Bertz CT molecular complexity index is 346. The Morgan fingerprint density at radius 1 is 1.38 bits per heavy atom. The van der Waals surface area contributed by atoms with Gasteiger partial charge in [0.25, 0.3) is 0 Å². The average molecular weight is 282 g/mol. The molecule has 88 valence electrons. The summed E-state index contributed by atoms with van der Waals surface area (Å²) in [5.74, 6) is 0.871. The standard InChI is InChI=1S/C14H20BrN/c1-3-16-10-12-9-14(12,2)8-11-4-6-13(15)7-5-11/h4-7,12,16H,3,8-10H2,1-2H3. The topological polar surface area (TPSA) is 12.0 Å². The van der Waals surface area contributed by atoms with Crippen molar-refractivity contribution in [3.05, 3.63) is 34.3 Å². The molecule has 2 heteroatoms. The highest BCUT2D eigenvalue weighted by Gasteiger charge is 2.48. The second-order valence-corrected chi connectivity index (χ2v) is 6.08. The third-order valence-electron chi connectivity index (χ3n) is 3.70. The van der Waals surface area contributed by atoms with Crippen molar-refractivity contribution in [2.24, 2.45) is 11.3 Å². The molecule has 1 saturated carbocycles. The maximum Gasteiger partial charge on any atom is 0.0175 e. The molecule has 1 aromatic carbocycles. The predicted molar refractivity (Wildman–Crippen MR) is 72.6 cm³/mol. The fraction of sp³-hybridized carbons (Fsp3) is 0.571. The highest BCUT2D eigenvalue weighted by Crippen LogP contribution is 2.53. The molecule has 0 aromatic heterocycles. The van der Waals surface area contributed by atoms with Crippen molar-refractivity contribution < 1.29 is 0 Å². The van der Waals surface area contributed by atoms with Crippen molar-refractivity contribution in [3.8, 4) is 0 Å². The Kier molecular flexibility index (Phi) is 3.70. The van der Waals surface area contributed by atoms with Crippen LogP contribution in [0.15, 0.2) is 28.7 Å². The Morgan fingerprint density at radius 3 is 2.69 bits per heavy atom. The number of hydrogen-bond acceptors (Lipinski definition) is 1. The molecular weight excluding hydrogens is 262 g/mol. The summed E-state index contributed by atoms with van der Waals surface area (Å²) in [4.78, 5) is 0. The summed E-state index contributed by atoms with van der Waals surface area (Å²) in [6.45, 7) is 6.86. The Balaban J connectivity index is 1.89. The lowest BCUT2D eigenvalue weighted by Crippen LogP contribution is -2.19. The van der Waals surface area contributed by atoms with E-state index in [-0.39, 0.29) is 0 Å². The van der Waals surface area contributed by atoms with Crippen molar-refractivity contribution in [2.75, 3.05) is 13.1 Å². The molecule has 0 heterocycles. The van der Waals surface area contributed by atoms with Crippen molar-refractivity contribution in [3.63, 3.8) is 0 Å². The molecule has 2 unspecified atom stereocenters. The molecule has 2 rings (SSSR count). The van der Waals surface area contributed by atoms with Gasteiger partial charge in [-0.3, -0.25) is 0 Å². The molecular formula is C14H20BrN. The van der Waals surface area contributed by atoms with Gasteiger partial charge < -0.3 is 5.32 Å². The molecule has 1 aliphatic rings. The zero-order valence-electron chi connectivity index (χ0n) is 10.1. The molecule has 1 N–H and O–H groups in total. The lowest BCUT2D eigenvalue weighted by Gasteiger charge is -2.11. The van der Waals surface area contributed by atoms with Crippen molar-refractivity contribution in [1.29, 1.82) is 0 Å². The smallest absolute Gasteiger partial charge is 0.0175 e. The van der Waals surface area contributed by atoms with Crippen LogP contribution < -0.4 is 5.32 Å². The lowest BCUT2D eigenvalue weighted by atomic mass is 9.96. The lowest BCUT2D eigenvalue weighted by molar-refractivity contribution is 0.480. The molecule has 0 bridgehead atoms. The zero-order chi connectivity index (χ0) is 11.6. The fourth-order valence-electron chi connectivity index (χ4n) is 2.43. The van der Waals surface area contributed by atoms with Gasteiger partial charge in [-0.25, -0.2) is 0 Å². The monoisotopic (exact) mass is 281 g/mol. The molecule has 1 aromatic rings. The largest absolute Gasteiger partial charge is 0.317 e. The first-order chi connectivity index (χ1) is 7.64. The predicted octanol–water partition coefficient (Wildman–Crippen LogP) is 3.63. The molecule has 16 heavy (non-hydrogen) atoms. The van der Waals surface area contributed by atoms with E-state index < -0.39 is 0 Å². The highest BCUT2D eigenvalue weighted by molar-refractivity contribution is 9.10. The normalized spacial score (nSPS) is 28.1. The van der Waals surface area contributed by atoms with Crippen molar-refractivity contribution in [1.82, 2.24) is 5.32 Å². The van der Waals surface area contributed by atoms with E-state index >= 15 is 0 Å². The SMILES string of the molecule is CCNCC1CC1(C)Cc1ccc(Br)cc1. The van der Waals surface area contributed by atoms with Crippen LogP contribution >= 0.6 is 15.9 Å². The quantitative estimate of drug-likeness (QED) is 0.869. The highest BCUT2D eigenvalue weighted by atomic mass is 79.9. The fourth-order valence-corrected chi connectivity index (χ4v) is 2.69. The number of halogens is 1. The van der Waals surface area contributed by atoms with Gasteiger partial charge in [0.2, 0.25) is 0 Å². The van der Waals surface area contributed by atoms with Crippen LogP contribution in [-0.2, 0) is 6.42 Å². The third-order valence-corrected chi connectivity index (χ3v) is 4.23. The molecule has 1 fully saturated rings. The zero-order valence-corrected chi connectivity index (χ0v) is 11.7. The van der Waals surface area contributed by atoms with E-state index in [4.69, 9.17) is 0 Å². The second-order valence-electron chi connectivity index (χ2n) is 5.17. The average Bonchev–Trinajstić information content (AvgIpc) is 2.90. The first-order valence-electron chi connectivity index (χ1n) is 6.09. The van der Waals surface area contributed by atoms with E-state index in [2.05, 4.69) is 59.4 Å². The molecule has 1 nitrogen and oxygen atoms in total. The van der Waals surface area contributed by atoms with Crippen LogP contribution in [0, 0.1) is 11.3 Å². The van der Waals surface area contributed by atoms with Gasteiger partial charge in [0, 0.05) is 4.47 Å². The third kappa shape index (κ3) is 2.86. The summed E-state index contributed by atoms with van der Waals surface area (Å²) in [7, 11) is 0. The van der Waals surface area contributed by atoms with E-state index in [1.165, 1.54) is 29.4 Å². The Hall–Kier alpha value is -0.340. The molecule has 2 atom stereocenters. The summed E-state index contributed by atoms with van der Waals surface area (Å²) in [5.41, 5.74) is 2.00. The van der Waals surface area contributed by atoms with Crippen LogP contribution in [0.2, 0.25) is 0 Å². The minimum Gasteiger partial charge on any atom is -0.317 e. The summed E-state index contributed by atoms with van der Waals surface area (Å²) in [6.07, 6.45) is 2.59. The van der Waals surface area contributed by atoms with Crippen molar-refractivity contribution in [2.45, 2.75) is 26.7 Å². The van der Waals surface area contributed by atoms with E-state index in [9.17, 15) is 0 Å². The van der Waals surface area contributed by atoms with Crippen LogP contribution in [0.5, 0.6) is 0 Å². The molecule has 0 amide bonds. The number of rotatable bonds is 5.